The highest BCUT2D eigenvalue weighted by atomic mass is 16.8. The van der Waals surface area contributed by atoms with Crippen LogP contribution in [0.1, 0.15) is 20.8 Å². The normalized spacial score (nSPS) is 40.8. The quantitative estimate of drug-likeness (QED) is 0.666. The average Bonchev–Trinajstić information content (AvgIpc) is 2.58. The number of rotatable bonds is 5. The lowest BCUT2D eigenvalue weighted by Gasteiger charge is -2.17. The second kappa shape index (κ2) is 4.05. The highest BCUT2D eigenvalue weighted by Gasteiger charge is 2.75. The third kappa shape index (κ3) is 1.63. The zero-order valence-electron chi connectivity index (χ0n) is 10.4. The van der Waals surface area contributed by atoms with E-state index in [2.05, 4.69) is 0 Å². The fraction of sp³-hybridized carbons (Fsp3) is 0.750. The molecule has 0 N–H and O–H groups in total. The Balaban J connectivity index is 2.00. The summed E-state index contributed by atoms with van der Waals surface area (Å²) in [5.74, 6) is -0.643. The van der Waals surface area contributed by atoms with E-state index in [1.54, 1.807) is 33.3 Å². The lowest BCUT2D eigenvalue weighted by atomic mass is 10.1. The molecule has 0 amide bonds. The molecule has 1 saturated heterocycles. The zero-order valence-corrected chi connectivity index (χ0v) is 10.4. The standard InChI is InChI=1S/C12H14O6/c1-7-8(18-10(15)17-7)5-16-12(6-14)9(4-13)11(12,2)3/h7-9H,5H2,1-3H3. The molecule has 2 aliphatic rings. The second-order valence-corrected chi connectivity index (χ2v) is 5.15. The first kappa shape index (κ1) is 13.0. The molecular formula is C12H14O6. The number of hydrogen-bond acceptors (Lipinski definition) is 6. The molecule has 0 aromatic rings. The minimum atomic E-state index is -1.29. The van der Waals surface area contributed by atoms with Gasteiger partial charge in [-0.25, -0.2) is 4.79 Å². The Morgan fingerprint density at radius 1 is 1.33 bits per heavy atom. The molecule has 1 aliphatic heterocycles. The summed E-state index contributed by atoms with van der Waals surface area (Å²) in [6, 6.07) is 0. The van der Waals surface area contributed by atoms with Gasteiger partial charge in [-0.15, -0.1) is 0 Å². The van der Waals surface area contributed by atoms with Crippen LogP contribution in [0.25, 0.3) is 0 Å². The van der Waals surface area contributed by atoms with Crippen molar-refractivity contribution in [2.75, 3.05) is 6.61 Å². The summed E-state index contributed by atoms with van der Waals surface area (Å²) in [7, 11) is 0. The van der Waals surface area contributed by atoms with Crippen LogP contribution in [0.3, 0.4) is 0 Å². The van der Waals surface area contributed by atoms with Gasteiger partial charge in [0.2, 0.25) is 12.6 Å². The van der Waals surface area contributed by atoms with Crippen molar-refractivity contribution in [3.05, 3.63) is 0 Å². The molecule has 1 saturated carbocycles. The third-order valence-corrected chi connectivity index (χ3v) is 3.80. The van der Waals surface area contributed by atoms with Gasteiger partial charge in [-0.05, 0) is 6.92 Å². The predicted molar refractivity (Wildman–Crippen MR) is 58.2 cm³/mol. The third-order valence-electron chi connectivity index (χ3n) is 3.80. The summed E-state index contributed by atoms with van der Waals surface area (Å²) in [5.41, 5.74) is -1.92. The van der Waals surface area contributed by atoms with Crippen LogP contribution in [-0.2, 0) is 23.8 Å². The summed E-state index contributed by atoms with van der Waals surface area (Å²) in [6.07, 6.45) is 1.79. The van der Waals surface area contributed by atoms with Crippen molar-refractivity contribution in [3.8, 4) is 0 Å². The molecule has 6 heteroatoms. The van der Waals surface area contributed by atoms with Gasteiger partial charge in [0.1, 0.15) is 6.10 Å². The van der Waals surface area contributed by atoms with E-state index in [0.29, 0.717) is 0 Å². The monoisotopic (exact) mass is 254 g/mol. The predicted octanol–water partition coefficient (Wildman–Crippen LogP) is 0.541. The molecule has 18 heavy (non-hydrogen) atoms. The molecule has 2 radical (unpaired) electrons. The summed E-state index contributed by atoms with van der Waals surface area (Å²) in [4.78, 5) is 32.7. The Labute approximate surface area is 105 Å². The van der Waals surface area contributed by atoms with Crippen LogP contribution in [0, 0.1) is 11.3 Å². The van der Waals surface area contributed by atoms with Gasteiger partial charge in [0, 0.05) is 5.41 Å². The van der Waals surface area contributed by atoms with Gasteiger partial charge >= 0.3 is 6.16 Å². The van der Waals surface area contributed by atoms with E-state index < -0.39 is 35.3 Å². The van der Waals surface area contributed by atoms with E-state index >= 15 is 0 Å². The summed E-state index contributed by atoms with van der Waals surface area (Å²) in [5, 5.41) is 0. The van der Waals surface area contributed by atoms with Crippen LogP contribution in [0.2, 0.25) is 0 Å². The van der Waals surface area contributed by atoms with Crippen molar-refractivity contribution >= 4 is 18.7 Å². The van der Waals surface area contributed by atoms with E-state index in [9.17, 15) is 14.4 Å². The molecule has 2 rings (SSSR count). The van der Waals surface area contributed by atoms with Crippen molar-refractivity contribution < 1.29 is 28.6 Å². The molecular weight excluding hydrogens is 240 g/mol. The Bertz CT molecular complexity index is 390. The minimum absolute atomic E-state index is 0.0102. The van der Waals surface area contributed by atoms with E-state index in [0.717, 1.165) is 0 Å². The first-order valence-electron chi connectivity index (χ1n) is 5.67. The van der Waals surface area contributed by atoms with Gasteiger partial charge < -0.3 is 14.2 Å². The van der Waals surface area contributed by atoms with E-state index in [4.69, 9.17) is 14.2 Å². The van der Waals surface area contributed by atoms with Crippen LogP contribution >= 0.6 is 0 Å². The van der Waals surface area contributed by atoms with Crippen LogP contribution < -0.4 is 0 Å². The van der Waals surface area contributed by atoms with Gasteiger partial charge in [-0.2, -0.15) is 0 Å². The Kier molecular flexibility index (Phi) is 2.93. The number of ether oxygens (including phenoxy) is 3. The fourth-order valence-corrected chi connectivity index (χ4v) is 2.30. The van der Waals surface area contributed by atoms with Crippen molar-refractivity contribution in [2.45, 2.75) is 38.6 Å². The lowest BCUT2D eigenvalue weighted by Crippen LogP contribution is -2.32. The zero-order chi connectivity index (χ0) is 13.6. The molecule has 98 valence electrons. The van der Waals surface area contributed by atoms with E-state index in [-0.39, 0.29) is 6.61 Å². The molecule has 1 aliphatic carbocycles. The van der Waals surface area contributed by atoms with Crippen molar-refractivity contribution in [3.63, 3.8) is 0 Å². The largest absolute Gasteiger partial charge is 0.509 e. The highest BCUT2D eigenvalue weighted by Crippen LogP contribution is 2.61. The van der Waals surface area contributed by atoms with Crippen LogP contribution in [0.5, 0.6) is 0 Å². The minimum Gasteiger partial charge on any atom is -0.427 e. The molecule has 2 fully saturated rings. The Morgan fingerprint density at radius 3 is 2.39 bits per heavy atom. The molecule has 0 aromatic heterocycles. The maximum Gasteiger partial charge on any atom is 0.509 e. The molecule has 0 aromatic carbocycles. The molecule has 0 bridgehead atoms. The molecule has 4 unspecified atom stereocenters. The first-order valence-corrected chi connectivity index (χ1v) is 5.67. The van der Waals surface area contributed by atoms with Crippen LogP contribution in [0.15, 0.2) is 0 Å². The van der Waals surface area contributed by atoms with Gasteiger partial charge in [-0.1, -0.05) is 13.8 Å². The van der Waals surface area contributed by atoms with Crippen molar-refractivity contribution in [1.29, 1.82) is 0 Å². The molecule has 0 spiro atoms. The Morgan fingerprint density at radius 2 is 2.00 bits per heavy atom. The van der Waals surface area contributed by atoms with Crippen LogP contribution in [0.4, 0.5) is 4.79 Å². The molecule has 6 nitrogen and oxygen atoms in total. The van der Waals surface area contributed by atoms with Gasteiger partial charge in [0.15, 0.2) is 11.7 Å². The lowest BCUT2D eigenvalue weighted by molar-refractivity contribution is -0.0113. The van der Waals surface area contributed by atoms with Gasteiger partial charge in [-0.3, -0.25) is 9.59 Å². The first-order chi connectivity index (χ1) is 8.39. The van der Waals surface area contributed by atoms with Gasteiger partial charge in [0.05, 0.1) is 12.5 Å². The van der Waals surface area contributed by atoms with Crippen molar-refractivity contribution in [1.82, 2.24) is 0 Å². The van der Waals surface area contributed by atoms with Crippen LogP contribution in [-0.4, -0.2) is 43.1 Å². The fourth-order valence-electron chi connectivity index (χ4n) is 2.30. The molecule has 4 atom stereocenters. The number of hydrogen-bond donors (Lipinski definition) is 0. The summed E-state index contributed by atoms with van der Waals surface area (Å²) in [6.45, 7) is 5.11. The van der Waals surface area contributed by atoms with E-state index in [1.807, 2.05) is 0 Å². The smallest absolute Gasteiger partial charge is 0.427 e. The highest BCUT2D eigenvalue weighted by molar-refractivity contribution is 5.83. The number of cyclic esters (lactones) is 2. The van der Waals surface area contributed by atoms with Gasteiger partial charge in [0.25, 0.3) is 0 Å². The second-order valence-electron chi connectivity index (χ2n) is 5.15. The Hall–Kier alpha value is -1.43. The van der Waals surface area contributed by atoms with E-state index in [1.165, 1.54) is 0 Å². The SMILES string of the molecule is CC1OC(=O)OC1COC1([C]=O)C([C]=O)C1(C)C. The van der Waals surface area contributed by atoms with Crippen molar-refractivity contribution in [2.24, 2.45) is 11.3 Å². The number of carbonyl (C=O) groups excluding carboxylic acids is 3. The summed E-state index contributed by atoms with van der Waals surface area (Å²) >= 11 is 0. The topological polar surface area (TPSA) is 78.9 Å². The maximum absolute atomic E-state index is 11.1. The summed E-state index contributed by atoms with van der Waals surface area (Å²) < 4.78 is 15.1. The number of carbonyl (C=O) groups is 1. The average molecular weight is 254 g/mol. The maximum atomic E-state index is 11.1. The molecule has 1 heterocycles.